The molecule has 2 aromatic carbocycles. The van der Waals surface area contributed by atoms with Gasteiger partial charge in [0, 0.05) is 9.79 Å². The van der Waals surface area contributed by atoms with Crippen molar-refractivity contribution in [3.8, 4) is 12.1 Å². The number of aromatic carboxylic acids is 2. The highest BCUT2D eigenvalue weighted by Gasteiger charge is 2.13. The molecule has 0 bridgehead atoms. The fourth-order valence-corrected chi connectivity index (χ4v) is 3.02. The lowest BCUT2D eigenvalue weighted by atomic mass is 10.0. The van der Waals surface area contributed by atoms with Crippen molar-refractivity contribution in [3.05, 3.63) is 58.1 Å². The number of carboxylic acid groups (broad SMARTS) is 2. The van der Waals surface area contributed by atoms with E-state index in [1.54, 1.807) is 19.1 Å². The molecular weight excluding hydrogens is 328 g/mol. The number of benzene rings is 2. The van der Waals surface area contributed by atoms with Crippen LogP contribution in [0.4, 0.5) is 0 Å². The molecule has 0 aliphatic carbocycles. The van der Waals surface area contributed by atoms with Crippen LogP contribution in [0.5, 0.6) is 0 Å². The molecule has 0 unspecified atom stereocenters. The van der Waals surface area contributed by atoms with Gasteiger partial charge in [0.1, 0.15) is 0 Å². The van der Waals surface area contributed by atoms with Crippen molar-refractivity contribution in [2.45, 2.75) is 16.7 Å². The standard InChI is InChI=1S/C17H10N2O4S/c1-9-12(7-18)5-15(6-13(9)8-19)24-14-3-10(16(20)21)2-11(4-14)17(22)23/h2-6H,1H3,(H,20,21)(H,22,23). The predicted molar refractivity (Wildman–Crippen MR) is 85.1 cm³/mol. The third-order valence-corrected chi connectivity index (χ3v) is 4.20. The molecule has 24 heavy (non-hydrogen) atoms. The van der Waals surface area contributed by atoms with E-state index in [9.17, 15) is 9.59 Å². The minimum absolute atomic E-state index is 0.148. The highest BCUT2D eigenvalue weighted by atomic mass is 32.2. The molecule has 0 atom stereocenters. The van der Waals surface area contributed by atoms with Crippen molar-refractivity contribution < 1.29 is 19.8 Å². The zero-order valence-corrected chi connectivity index (χ0v) is 13.2. The maximum absolute atomic E-state index is 11.1. The second-order valence-corrected chi connectivity index (χ2v) is 5.97. The summed E-state index contributed by atoms with van der Waals surface area (Å²) in [6.07, 6.45) is 0. The normalized spacial score (nSPS) is 9.79. The van der Waals surface area contributed by atoms with Gasteiger partial charge in [0.05, 0.1) is 34.4 Å². The lowest BCUT2D eigenvalue weighted by molar-refractivity contribution is 0.0696. The Bertz CT molecular complexity index is 871. The summed E-state index contributed by atoms with van der Waals surface area (Å²) in [6, 6.07) is 10.9. The molecule has 0 amide bonds. The van der Waals surface area contributed by atoms with Crippen LogP contribution >= 0.6 is 11.8 Å². The predicted octanol–water partition coefficient (Wildman–Crippen LogP) is 3.29. The molecule has 0 saturated carbocycles. The van der Waals surface area contributed by atoms with Crippen LogP contribution in [0, 0.1) is 29.6 Å². The maximum atomic E-state index is 11.1. The van der Waals surface area contributed by atoms with Crippen molar-refractivity contribution in [1.29, 1.82) is 10.5 Å². The maximum Gasteiger partial charge on any atom is 0.335 e. The Morgan fingerprint density at radius 2 is 1.29 bits per heavy atom. The summed E-state index contributed by atoms with van der Waals surface area (Å²) in [4.78, 5) is 23.2. The Balaban J connectivity index is 2.52. The quantitative estimate of drug-likeness (QED) is 0.877. The number of carboxylic acids is 2. The molecule has 0 fully saturated rings. The first kappa shape index (κ1) is 17.1. The average Bonchev–Trinajstić information content (AvgIpc) is 2.55. The average molecular weight is 338 g/mol. The molecule has 6 nitrogen and oxygen atoms in total. The van der Waals surface area contributed by atoms with Crippen molar-refractivity contribution in [3.63, 3.8) is 0 Å². The Hall–Kier alpha value is -3.29. The monoisotopic (exact) mass is 338 g/mol. The van der Waals surface area contributed by atoms with Crippen LogP contribution in [0.3, 0.4) is 0 Å². The van der Waals surface area contributed by atoms with Gasteiger partial charge < -0.3 is 10.2 Å². The second-order valence-electron chi connectivity index (χ2n) is 4.83. The van der Waals surface area contributed by atoms with E-state index in [0.29, 0.717) is 26.5 Å². The summed E-state index contributed by atoms with van der Waals surface area (Å²) < 4.78 is 0. The smallest absolute Gasteiger partial charge is 0.335 e. The first-order valence-electron chi connectivity index (χ1n) is 6.60. The fraction of sp³-hybridized carbons (Fsp3) is 0.0588. The van der Waals surface area contributed by atoms with E-state index in [1.165, 1.54) is 12.1 Å². The molecule has 0 spiro atoms. The van der Waals surface area contributed by atoms with E-state index in [4.69, 9.17) is 20.7 Å². The van der Waals surface area contributed by atoms with E-state index in [0.717, 1.165) is 17.8 Å². The molecule has 0 aliphatic rings. The van der Waals surface area contributed by atoms with Crippen molar-refractivity contribution >= 4 is 23.7 Å². The molecule has 118 valence electrons. The lowest BCUT2D eigenvalue weighted by Gasteiger charge is -2.08. The Labute approximate surface area is 141 Å². The molecular formula is C17H10N2O4S. The summed E-state index contributed by atoms with van der Waals surface area (Å²) in [5.74, 6) is -2.47. The lowest BCUT2D eigenvalue weighted by Crippen LogP contribution is -2.02. The van der Waals surface area contributed by atoms with Crippen LogP contribution in [0.15, 0.2) is 40.1 Å². The van der Waals surface area contributed by atoms with Crippen LogP contribution < -0.4 is 0 Å². The molecule has 0 heterocycles. The summed E-state index contributed by atoms with van der Waals surface area (Å²) in [5, 5.41) is 36.5. The molecule has 0 aromatic heterocycles. The number of nitriles is 2. The third-order valence-electron chi connectivity index (χ3n) is 3.26. The van der Waals surface area contributed by atoms with E-state index < -0.39 is 11.9 Å². The largest absolute Gasteiger partial charge is 0.478 e. The van der Waals surface area contributed by atoms with Crippen LogP contribution in [-0.2, 0) is 0 Å². The summed E-state index contributed by atoms with van der Waals surface area (Å²) in [6.45, 7) is 1.67. The van der Waals surface area contributed by atoms with E-state index in [2.05, 4.69) is 0 Å². The topological polar surface area (TPSA) is 122 Å². The number of hydrogen-bond acceptors (Lipinski definition) is 5. The highest BCUT2D eigenvalue weighted by Crippen LogP contribution is 2.32. The first-order chi connectivity index (χ1) is 11.3. The SMILES string of the molecule is Cc1c(C#N)cc(Sc2cc(C(=O)O)cc(C(=O)O)c2)cc1C#N. The van der Waals surface area contributed by atoms with Gasteiger partial charge in [-0.05, 0) is 42.8 Å². The molecule has 0 saturated heterocycles. The van der Waals surface area contributed by atoms with Gasteiger partial charge in [0.2, 0.25) is 0 Å². The molecule has 2 N–H and O–H groups in total. The van der Waals surface area contributed by atoms with Gasteiger partial charge in [-0.1, -0.05) is 11.8 Å². The van der Waals surface area contributed by atoms with Crippen molar-refractivity contribution in [2.75, 3.05) is 0 Å². The molecule has 7 heteroatoms. The van der Waals surface area contributed by atoms with Gasteiger partial charge >= 0.3 is 11.9 Å². The third kappa shape index (κ3) is 3.54. The Morgan fingerprint density at radius 1 is 0.875 bits per heavy atom. The van der Waals surface area contributed by atoms with Crippen molar-refractivity contribution in [2.24, 2.45) is 0 Å². The number of nitrogens with zero attached hydrogens (tertiary/aromatic N) is 2. The molecule has 2 rings (SSSR count). The van der Waals surface area contributed by atoms with Crippen LogP contribution in [0.25, 0.3) is 0 Å². The number of carbonyl (C=O) groups is 2. The van der Waals surface area contributed by atoms with E-state index >= 15 is 0 Å². The summed E-state index contributed by atoms with van der Waals surface area (Å²) in [7, 11) is 0. The minimum atomic E-state index is -1.24. The van der Waals surface area contributed by atoms with Crippen LogP contribution in [0.1, 0.15) is 37.4 Å². The van der Waals surface area contributed by atoms with Gasteiger partial charge in [0.25, 0.3) is 0 Å². The first-order valence-corrected chi connectivity index (χ1v) is 7.41. The summed E-state index contributed by atoms with van der Waals surface area (Å²) >= 11 is 1.09. The van der Waals surface area contributed by atoms with E-state index in [-0.39, 0.29) is 11.1 Å². The minimum Gasteiger partial charge on any atom is -0.478 e. The van der Waals surface area contributed by atoms with Gasteiger partial charge in [-0.2, -0.15) is 10.5 Å². The molecule has 0 aliphatic heterocycles. The van der Waals surface area contributed by atoms with Gasteiger partial charge in [-0.3, -0.25) is 0 Å². The Kier molecular flexibility index (Phi) is 4.88. The van der Waals surface area contributed by atoms with E-state index in [1.807, 2.05) is 12.1 Å². The number of hydrogen-bond donors (Lipinski definition) is 2. The zero-order valence-electron chi connectivity index (χ0n) is 12.4. The molecule has 2 aromatic rings. The molecule has 0 radical (unpaired) electrons. The fourth-order valence-electron chi connectivity index (χ4n) is 2.02. The zero-order chi connectivity index (χ0) is 17.9. The van der Waals surface area contributed by atoms with Crippen LogP contribution in [0.2, 0.25) is 0 Å². The summed E-state index contributed by atoms with van der Waals surface area (Å²) in [5.41, 5.74) is 0.944. The van der Waals surface area contributed by atoms with Crippen LogP contribution in [-0.4, -0.2) is 22.2 Å². The number of rotatable bonds is 4. The van der Waals surface area contributed by atoms with Gasteiger partial charge in [-0.25, -0.2) is 9.59 Å². The van der Waals surface area contributed by atoms with Gasteiger partial charge in [-0.15, -0.1) is 0 Å². The highest BCUT2D eigenvalue weighted by molar-refractivity contribution is 7.99. The second kappa shape index (κ2) is 6.86. The van der Waals surface area contributed by atoms with Crippen molar-refractivity contribution in [1.82, 2.24) is 0 Å². The Morgan fingerprint density at radius 3 is 1.67 bits per heavy atom. The van der Waals surface area contributed by atoms with Gasteiger partial charge in [0.15, 0.2) is 0 Å².